The molecule has 0 aliphatic heterocycles. The maximum atomic E-state index is 14.1. The zero-order valence-corrected chi connectivity index (χ0v) is 24.3. The molecule has 0 aromatic heterocycles. The Kier molecular flexibility index (Phi) is 10.3. The molecule has 4 aromatic rings. The molecule has 0 saturated carbocycles. The Hall–Kier alpha value is -3.98. The van der Waals surface area contributed by atoms with Crippen molar-refractivity contribution < 1.29 is 18.0 Å². The SMILES string of the molecule is CS(=O)(=O)N(CC(=O)N(Cc1ccccc1)[C@@H](C(=O)NCc1ccc(Cl)cc1)c1ccccc1)Cc1ccccc1. The molecule has 0 unspecified atom stereocenters. The van der Waals surface area contributed by atoms with E-state index in [1.54, 1.807) is 48.5 Å². The van der Waals surface area contributed by atoms with Crippen molar-refractivity contribution in [3.8, 4) is 0 Å². The van der Waals surface area contributed by atoms with Gasteiger partial charge in [-0.2, -0.15) is 4.31 Å². The molecule has 41 heavy (non-hydrogen) atoms. The largest absolute Gasteiger partial charge is 0.350 e. The summed E-state index contributed by atoms with van der Waals surface area (Å²) in [4.78, 5) is 29.3. The van der Waals surface area contributed by atoms with Gasteiger partial charge in [0, 0.05) is 24.7 Å². The monoisotopic (exact) mass is 589 g/mol. The van der Waals surface area contributed by atoms with E-state index in [0.717, 1.165) is 27.3 Å². The molecule has 0 aliphatic carbocycles. The van der Waals surface area contributed by atoms with E-state index in [2.05, 4.69) is 5.32 Å². The van der Waals surface area contributed by atoms with Crippen molar-refractivity contribution in [3.05, 3.63) is 143 Å². The van der Waals surface area contributed by atoms with E-state index in [4.69, 9.17) is 11.6 Å². The summed E-state index contributed by atoms with van der Waals surface area (Å²) in [7, 11) is -3.75. The second-order valence-electron chi connectivity index (χ2n) is 9.68. The molecule has 2 amide bonds. The standard InChI is InChI=1S/C32H32ClN3O4S/c1-41(39,40)35(22-26-11-5-2-6-12-26)24-30(37)36(23-27-13-7-3-8-14-27)31(28-15-9-4-10-16-28)32(38)34-21-25-17-19-29(33)20-18-25/h2-20,31H,21-24H2,1H3,(H,34,38)/t31-/m1/s1. The van der Waals surface area contributed by atoms with Gasteiger partial charge in [-0.25, -0.2) is 8.42 Å². The maximum Gasteiger partial charge on any atom is 0.247 e. The van der Waals surface area contributed by atoms with Crippen LogP contribution in [0.2, 0.25) is 5.02 Å². The van der Waals surface area contributed by atoms with Crippen molar-refractivity contribution >= 4 is 33.4 Å². The Morgan fingerprint density at radius 2 is 1.24 bits per heavy atom. The predicted molar refractivity (Wildman–Crippen MR) is 161 cm³/mol. The van der Waals surface area contributed by atoms with E-state index in [1.807, 2.05) is 66.7 Å². The first-order chi connectivity index (χ1) is 19.7. The minimum Gasteiger partial charge on any atom is -0.350 e. The Morgan fingerprint density at radius 1 is 0.732 bits per heavy atom. The van der Waals surface area contributed by atoms with Gasteiger partial charge >= 0.3 is 0 Å². The van der Waals surface area contributed by atoms with Crippen LogP contribution in [0.15, 0.2) is 115 Å². The lowest BCUT2D eigenvalue weighted by atomic mass is 10.0. The Morgan fingerprint density at radius 3 is 1.78 bits per heavy atom. The van der Waals surface area contributed by atoms with Crippen molar-refractivity contribution in [1.29, 1.82) is 0 Å². The number of carbonyl (C=O) groups is 2. The number of sulfonamides is 1. The van der Waals surface area contributed by atoms with Crippen LogP contribution < -0.4 is 5.32 Å². The molecule has 0 spiro atoms. The predicted octanol–water partition coefficient (Wildman–Crippen LogP) is 5.19. The van der Waals surface area contributed by atoms with Crippen LogP contribution in [-0.4, -0.2) is 42.2 Å². The first-order valence-corrected chi connectivity index (χ1v) is 15.3. The Bertz CT molecular complexity index is 1530. The van der Waals surface area contributed by atoms with Gasteiger partial charge in [0.05, 0.1) is 12.8 Å². The molecule has 212 valence electrons. The molecule has 1 atom stereocenters. The summed E-state index contributed by atoms with van der Waals surface area (Å²) in [5, 5.41) is 3.54. The van der Waals surface area contributed by atoms with Crippen LogP contribution in [0.1, 0.15) is 28.3 Å². The second kappa shape index (κ2) is 14.1. The Labute approximate surface area is 246 Å². The molecule has 0 radical (unpaired) electrons. The number of hydrogen-bond donors (Lipinski definition) is 1. The average molecular weight is 590 g/mol. The van der Waals surface area contributed by atoms with Gasteiger partial charge in [0.25, 0.3) is 0 Å². The van der Waals surface area contributed by atoms with E-state index in [-0.39, 0.29) is 25.5 Å². The van der Waals surface area contributed by atoms with Gasteiger partial charge in [-0.15, -0.1) is 0 Å². The van der Waals surface area contributed by atoms with E-state index < -0.39 is 28.5 Å². The quantitative estimate of drug-likeness (QED) is 0.246. The van der Waals surface area contributed by atoms with Crippen LogP contribution in [-0.2, 0) is 39.2 Å². The molecular weight excluding hydrogens is 558 g/mol. The highest BCUT2D eigenvalue weighted by molar-refractivity contribution is 7.88. The van der Waals surface area contributed by atoms with Crippen molar-refractivity contribution in [2.24, 2.45) is 0 Å². The van der Waals surface area contributed by atoms with Crippen LogP contribution in [0.25, 0.3) is 0 Å². The maximum absolute atomic E-state index is 14.1. The van der Waals surface area contributed by atoms with Gasteiger partial charge in [0.2, 0.25) is 21.8 Å². The average Bonchev–Trinajstić information content (AvgIpc) is 2.97. The molecule has 4 rings (SSSR count). The number of rotatable bonds is 12. The summed E-state index contributed by atoms with van der Waals surface area (Å²) in [5.41, 5.74) is 3.02. The van der Waals surface area contributed by atoms with Gasteiger partial charge in [0.1, 0.15) is 6.04 Å². The van der Waals surface area contributed by atoms with Crippen LogP contribution in [0.3, 0.4) is 0 Å². The summed E-state index contributed by atoms with van der Waals surface area (Å²) in [6.45, 7) is -0.0512. The summed E-state index contributed by atoms with van der Waals surface area (Å²) in [6, 6.07) is 33.5. The van der Waals surface area contributed by atoms with Gasteiger partial charge in [-0.05, 0) is 34.4 Å². The summed E-state index contributed by atoms with van der Waals surface area (Å²) in [5.74, 6) is -0.880. The number of benzene rings is 4. The number of nitrogens with zero attached hydrogens (tertiary/aromatic N) is 2. The molecule has 4 aromatic carbocycles. The normalized spacial score (nSPS) is 12.1. The highest BCUT2D eigenvalue weighted by atomic mass is 35.5. The Balaban J connectivity index is 1.67. The first kappa shape index (κ1) is 30.0. The number of amides is 2. The molecule has 0 heterocycles. The topological polar surface area (TPSA) is 86.8 Å². The van der Waals surface area contributed by atoms with Crippen LogP contribution in [0.5, 0.6) is 0 Å². The lowest BCUT2D eigenvalue weighted by molar-refractivity contribution is -0.141. The highest BCUT2D eigenvalue weighted by Gasteiger charge is 2.33. The van der Waals surface area contributed by atoms with Crippen molar-refractivity contribution in [2.75, 3.05) is 12.8 Å². The van der Waals surface area contributed by atoms with E-state index in [0.29, 0.717) is 10.6 Å². The van der Waals surface area contributed by atoms with Crippen LogP contribution in [0, 0.1) is 0 Å². The number of carbonyl (C=O) groups excluding carboxylic acids is 2. The third-order valence-electron chi connectivity index (χ3n) is 6.55. The molecular formula is C32H32ClN3O4S. The fourth-order valence-electron chi connectivity index (χ4n) is 4.42. The van der Waals surface area contributed by atoms with Crippen LogP contribution >= 0.6 is 11.6 Å². The first-order valence-electron chi connectivity index (χ1n) is 13.1. The molecule has 0 fully saturated rings. The minimum atomic E-state index is -3.75. The molecule has 0 bridgehead atoms. The summed E-state index contributed by atoms with van der Waals surface area (Å²) >= 11 is 6.00. The third-order valence-corrected chi connectivity index (χ3v) is 8.00. The summed E-state index contributed by atoms with van der Waals surface area (Å²) in [6.07, 6.45) is 1.08. The zero-order chi connectivity index (χ0) is 29.2. The number of nitrogens with one attached hydrogen (secondary N) is 1. The molecule has 7 nitrogen and oxygen atoms in total. The van der Waals surface area contributed by atoms with Gasteiger partial charge in [-0.1, -0.05) is 115 Å². The highest BCUT2D eigenvalue weighted by Crippen LogP contribution is 2.25. The lowest BCUT2D eigenvalue weighted by Crippen LogP contribution is -2.47. The molecule has 0 aliphatic rings. The molecule has 0 saturated heterocycles. The van der Waals surface area contributed by atoms with Crippen LogP contribution in [0.4, 0.5) is 0 Å². The van der Waals surface area contributed by atoms with Gasteiger partial charge < -0.3 is 10.2 Å². The van der Waals surface area contributed by atoms with Crippen molar-refractivity contribution in [1.82, 2.24) is 14.5 Å². The zero-order valence-electron chi connectivity index (χ0n) is 22.7. The van der Waals surface area contributed by atoms with Gasteiger partial charge in [-0.3, -0.25) is 9.59 Å². The number of halogens is 1. The lowest BCUT2D eigenvalue weighted by Gasteiger charge is -2.33. The van der Waals surface area contributed by atoms with E-state index >= 15 is 0 Å². The van der Waals surface area contributed by atoms with E-state index in [9.17, 15) is 18.0 Å². The van der Waals surface area contributed by atoms with Gasteiger partial charge in [0.15, 0.2) is 0 Å². The smallest absolute Gasteiger partial charge is 0.247 e. The fourth-order valence-corrected chi connectivity index (χ4v) is 5.27. The van der Waals surface area contributed by atoms with E-state index in [1.165, 1.54) is 4.90 Å². The minimum absolute atomic E-state index is 0.0311. The molecule has 1 N–H and O–H groups in total. The third kappa shape index (κ3) is 8.75. The van der Waals surface area contributed by atoms with Crippen molar-refractivity contribution in [3.63, 3.8) is 0 Å². The molecule has 9 heteroatoms. The summed E-state index contributed by atoms with van der Waals surface area (Å²) < 4.78 is 26.7. The second-order valence-corrected chi connectivity index (χ2v) is 12.1. The van der Waals surface area contributed by atoms with Crippen molar-refractivity contribution in [2.45, 2.75) is 25.7 Å². The fraction of sp³-hybridized carbons (Fsp3) is 0.188. The number of hydrogen-bond acceptors (Lipinski definition) is 4.